The molecular formula is C10H8N2O. The molecule has 2 rings (SSSR count). The number of carbonyl (C=O) groups excluding carboxylic acids is 1. The van der Waals surface area contributed by atoms with Crippen LogP contribution in [0, 0.1) is 0 Å². The molecule has 0 bridgehead atoms. The number of hydrogen-bond donors (Lipinski definition) is 0. The number of ketones is 1. The second kappa shape index (κ2) is 2.94. The molecule has 2 aromatic rings. The van der Waals surface area contributed by atoms with Gasteiger partial charge in [-0.25, -0.2) is 0 Å². The van der Waals surface area contributed by atoms with Crippen molar-refractivity contribution >= 4 is 16.7 Å². The molecule has 3 heteroatoms. The van der Waals surface area contributed by atoms with Crippen molar-refractivity contribution in [2.45, 2.75) is 6.92 Å². The third kappa shape index (κ3) is 1.28. The SMILES string of the molecule is CC(=O)c1cccc2nnccc12. The topological polar surface area (TPSA) is 42.9 Å². The Morgan fingerprint density at radius 2 is 2.15 bits per heavy atom. The normalized spacial score (nSPS) is 10.2. The number of Topliss-reactive ketones (excluding diaryl/α,β-unsaturated/α-hetero) is 1. The average molecular weight is 172 g/mol. The maximum Gasteiger partial charge on any atom is 0.160 e. The molecule has 0 aliphatic rings. The number of benzene rings is 1. The molecule has 64 valence electrons. The summed E-state index contributed by atoms with van der Waals surface area (Å²) in [6, 6.07) is 7.26. The quantitative estimate of drug-likeness (QED) is 0.616. The lowest BCUT2D eigenvalue weighted by atomic mass is 10.1. The van der Waals surface area contributed by atoms with Gasteiger partial charge < -0.3 is 0 Å². The number of rotatable bonds is 1. The summed E-state index contributed by atoms with van der Waals surface area (Å²) in [6.45, 7) is 1.55. The van der Waals surface area contributed by atoms with Crippen LogP contribution < -0.4 is 0 Å². The lowest BCUT2D eigenvalue weighted by Crippen LogP contribution is -1.94. The van der Waals surface area contributed by atoms with Crippen LogP contribution in [0.3, 0.4) is 0 Å². The Balaban J connectivity index is 2.83. The van der Waals surface area contributed by atoms with E-state index in [0.29, 0.717) is 5.56 Å². The summed E-state index contributed by atoms with van der Waals surface area (Å²) < 4.78 is 0. The van der Waals surface area contributed by atoms with E-state index in [9.17, 15) is 4.79 Å². The molecule has 0 unspecified atom stereocenters. The van der Waals surface area contributed by atoms with Gasteiger partial charge in [0.05, 0.1) is 11.7 Å². The fourth-order valence-corrected chi connectivity index (χ4v) is 1.33. The first-order valence-corrected chi connectivity index (χ1v) is 4.00. The van der Waals surface area contributed by atoms with Crippen molar-refractivity contribution in [3.63, 3.8) is 0 Å². The Morgan fingerprint density at radius 1 is 1.31 bits per heavy atom. The fraction of sp³-hybridized carbons (Fsp3) is 0.100. The largest absolute Gasteiger partial charge is 0.294 e. The highest BCUT2D eigenvalue weighted by Gasteiger charge is 2.04. The van der Waals surface area contributed by atoms with Gasteiger partial charge in [-0.1, -0.05) is 12.1 Å². The van der Waals surface area contributed by atoms with Crippen molar-refractivity contribution in [1.29, 1.82) is 0 Å². The maximum absolute atomic E-state index is 11.2. The standard InChI is InChI=1S/C10H8N2O/c1-7(13)8-3-2-4-10-9(8)5-6-11-12-10/h2-6H,1H3. The van der Waals surface area contributed by atoms with Gasteiger partial charge in [0.1, 0.15) is 0 Å². The van der Waals surface area contributed by atoms with Gasteiger partial charge in [0.2, 0.25) is 0 Å². The van der Waals surface area contributed by atoms with Gasteiger partial charge in [-0.05, 0) is 19.1 Å². The van der Waals surface area contributed by atoms with Gasteiger partial charge in [0.25, 0.3) is 0 Å². The van der Waals surface area contributed by atoms with E-state index >= 15 is 0 Å². The Morgan fingerprint density at radius 3 is 2.92 bits per heavy atom. The third-order valence-electron chi connectivity index (χ3n) is 1.94. The van der Waals surface area contributed by atoms with Crippen molar-refractivity contribution in [2.75, 3.05) is 0 Å². The van der Waals surface area contributed by atoms with Crippen LogP contribution in [-0.4, -0.2) is 16.0 Å². The predicted molar refractivity (Wildman–Crippen MR) is 49.5 cm³/mol. The molecule has 3 nitrogen and oxygen atoms in total. The minimum Gasteiger partial charge on any atom is -0.294 e. The molecule has 1 aromatic carbocycles. The second-order valence-corrected chi connectivity index (χ2v) is 2.83. The molecule has 0 saturated heterocycles. The number of hydrogen-bond acceptors (Lipinski definition) is 3. The molecule has 0 aliphatic carbocycles. The van der Waals surface area contributed by atoms with E-state index in [4.69, 9.17) is 0 Å². The summed E-state index contributed by atoms with van der Waals surface area (Å²) in [7, 11) is 0. The average Bonchev–Trinajstić information content (AvgIpc) is 2.17. The minimum absolute atomic E-state index is 0.0543. The Labute approximate surface area is 75.4 Å². The van der Waals surface area contributed by atoms with Crippen LogP contribution in [0.25, 0.3) is 10.9 Å². The third-order valence-corrected chi connectivity index (χ3v) is 1.94. The van der Waals surface area contributed by atoms with Crippen LogP contribution in [0.2, 0.25) is 0 Å². The van der Waals surface area contributed by atoms with E-state index in [1.165, 1.54) is 0 Å². The molecule has 0 radical (unpaired) electrons. The zero-order chi connectivity index (χ0) is 9.26. The lowest BCUT2D eigenvalue weighted by Gasteiger charge is -1.99. The van der Waals surface area contributed by atoms with Gasteiger partial charge >= 0.3 is 0 Å². The van der Waals surface area contributed by atoms with Crippen LogP contribution in [0.1, 0.15) is 17.3 Å². The van der Waals surface area contributed by atoms with E-state index in [0.717, 1.165) is 10.9 Å². The molecule has 0 atom stereocenters. The van der Waals surface area contributed by atoms with Crippen LogP contribution in [0.4, 0.5) is 0 Å². The fourth-order valence-electron chi connectivity index (χ4n) is 1.33. The first-order valence-electron chi connectivity index (χ1n) is 4.00. The Kier molecular flexibility index (Phi) is 1.77. The number of carbonyl (C=O) groups is 1. The maximum atomic E-state index is 11.2. The van der Waals surface area contributed by atoms with Crippen molar-refractivity contribution < 1.29 is 4.79 Å². The number of fused-ring (bicyclic) bond motifs is 1. The smallest absolute Gasteiger partial charge is 0.160 e. The summed E-state index contributed by atoms with van der Waals surface area (Å²) in [4.78, 5) is 11.2. The molecule has 1 heterocycles. The number of nitrogens with zero attached hydrogens (tertiary/aromatic N) is 2. The Hall–Kier alpha value is -1.77. The molecule has 0 fully saturated rings. The zero-order valence-electron chi connectivity index (χ0n) is 7.19. The van der Waals surface area contributed by atoms with Crippen molar-refractivity contribution in [3.8, 4) is 0 Å². The monoisotopic (exact) mass is 172 g/mol. The van der Waals surface area contributed by atoms with Gasteiger partial charge in [0, 0.05) is 10.9 Å². The second-order valence-electron chi connectivity index (χ2n) is 2.83. The van der Waals surface area contributed by atoms with Crippen molar-refractivity contribution in [1.82, 2.24) is 10.2 Å². The summed E-state index contributed by atoms with van der Waals surface area (Å²) in [6.07, 6.45) is 1.59. The number of aromatic nitrogens is 2. The van der Waals surface area contributed by atoms with Crippen molar-refractivity contribution in [3.05, 3.63) is 36.0 Å². The minimum atomic E-state index is 0.0543. The molecule has 0 aliphatic heterocycles. The highest BCUT2D eigenvalue weighted by Crippen LogP contribution is 2.15. The molecule has 13 heavy (non-hydrogen) atoms. The van der Waals surface area contributed by atoms with E-state index in [-0.39, 0.29) is 5.78 Å². The first kappa shape index (κ1) is 7.86. The summed E-state index contributed by atoms with van der Waals surface area (Å²) >= 11 is 0. The lowest BCUT2D eigenvalue weighted by molar-refractivity contribution is 0.101. The zero-order valence-corrected chi connectivity index (χ0v) is 7.19. The van der Waals surface area contributed by atoms with Crippen molar-refractivity contribution in [2.24, 2.45) is 0 Å². The summed E-state index contributed by atoms with van der Waals surface area (Å²) in [5.74, 6) is 0.0543. The first-order chi connectivity index (χ1) is 6.29. The van der Waals surface area contributed by atoms with Gasteiger partial charge in [0.15, 0.2) is 5.78 Å². The van der Waals surface area contributed by atoms with E-state index in [2.05, 4.69) is 10.2 Å². The van der Waals surface area contributed by atoms with Crippen LogP contribution in [0.15, 0.2) is 30.5 Å². The van der Waals surface area contributed by atoms with E-state index < -0.39 is 0 Å². The highest BCUT2D eigenvalue weighted by atomic mass is 16.1. The van der Waals surface area contributed by atoms with Gasteiger partial charge in [-0.2, -0.15) is 10.2 Å². The molecule has 0 saturated carbocycles. The Bertz CT molecular complexity index is 460. The van der Waals surface area contributed by atoms with E-state index in [1.54, 1.807) is 25.3 Å². The summed E-state index contributed by atoms with van der Waals surface area (Å²) in [5.41, 5.74) is 1.46. The van der Waals surface area contributed by atoms with Gasteiger partial charge in [-0.15, -0.1) is 0 Å². The highest BCUT2D eigenvalue weighted by molar-refractivity contribution is 6.05. The molecular weight excluding hydrogens is 164 g/mol. The van der Waals surface area contributed by atoms with Gasteiger partial charge in [-0.3, -0.25) is 4.79 Å². The van der Waals surface area contributed by atoms with E-state index in [1.807, 2.05) is 12.1 Å². The van der Waals surface area contributed by atoms with Crippen LogP contribution in [0.5, 0.6) is 0 Å². The molecule has 0 spiro atoms. The van der Waals surface area contributed by atoms with Crippen LogP contribution in [-0.2, 0) is 0 Å². The molecule has 0 amide bonds. The summed E-state index contributed by atoms with van der Waals surface area (Å²) in [5, 5.41) is 8.54. The van der Waals surface area contributed by atoms with Crippen LogP contribution >= 0.6 is 0 Å². The molecule has 0 N–H and O–H groups in total. The predicted octanol–water partition coefficient (Wildman–Crippen LogP) is 1.83. The molecule has 1 aromatic heterocycles.